The van der Waals surface area contributed by atoms with Crippen molar-refractivity contribution in [2.75, 3.05) is 32.7 Å². The number of hydrogen-bond donors (Lipinski definition) is 1. The second-order valence-corrected chi connectivity index (χ2v) is 8.74. The van der Waals surface area contributed by atoms with Crippen LogP contribution in [0, 0.1) is 5.41 Å². The number of nitrogens with one attached hydrogen (secondary N) is 1. The predicted octanol–water partition coefficient (Wildman–Crippen LogP) is 2.82. The van der Waals surface area contributed by atoms with Gasteiger partial charge in [0.15, 0.2) is 0 Å². The van der Waals surface area contributed by atoms with Gasteiger partial charge in [-0.1, -0.05) is 48.5 Å². The molecule has 1 N–H and O–H groups in total. The molecule has 0 bridgehead atoms. The molecule has 150 valence electrons. The topological polar surface area (TPSA) is 52.7 Å². The molecule has 1 aliphatic carbocycles. The third kappa shape index (κ3) is 3.04. The van der Waals surface area contributed by atoms with Crippen molar-refractivity contribution in [2.45, 2.75) is 25.8 Å². The number of fused-ring (bicyclic) bond motifs is 3. The van der Waals surface area contributed by atoms with Gasteiger partial charge < -0.3 is 10.2 Å². The molecule has 2 fully saturated rings. The van der Waals surface area contributed by atoms with Crippen LogP contribution < -0.4 is 5.32 Å². The van der Waals surface area contributed by atoms with Crippen LogP contribution in [0.25, 0.3) is 11.1 Å². The molecule has 0 radical (unpaired) electrons. The third-order valence-electron chi connectivity index (χ3n) is 6.86. The monoisotopic (exact) mass is 389 g/mol. The molecule has 5 heteroatoms. The lowest BCUT2D eigenvalue weighted by molar-refractivity contribution is -0.145. The van der Waals surface area contributed by atoms with Crippen LogP contribution in [0.15, 0.2) is 48.5 Å². The summed E-state index contributed by atoms with van der Waals surface area (Å²) in [5.41, 5.74) is 4.93. The molecule has 5 nitrogen and oxygen atoms in total. The summed E-state index contributed by atoms with van der Waals surface area (Å²) in [6, 6.07) is 17.6. The molecule has 2 heterocycles. The van der Waals surface area contributed by atoms with E-state index in [0.717, 1.165) is 26.2 Å². The van der Waals surface area contributed by atoms with Crippen molar-refractivity contribution in [3.8, 4) is 11.1 Å². The molecule has 3 aliphatic rings. The van der Waals surface area contributed by atoms with Crippen LogP contribution in [0.1, 0.15) is 36.9 Å². The number of nitrogens with zero attached hydrogens (tertiary/aromatic N) is 2. The fourth-order valence-corrected chi connectivity index (χ4v) is 5.13. The van der Waals surface area contributed by atoms with E-state index in [-0.39, 0.29) is 17.9 Å². The maximum Gasteiger partial charge on any atom is 0.230 e. The Bertz CT molecular complexity index is 907. The van der Waals surface area contributed by atoms with Crippen molar-refractivity contribution >= 4 is 11.8 Å². The van der Waals surface area contributed by atoms with Crippen molar-refractivity contribution in [1.29, 1.82) is 0 Å². The standard InChI is InChI=1S/C24H27N3O2/c1-24(11-10-21(28)25-16-24)23(29)27-14-12-26(13-15-27)22-19-8-4-2-6-17(19)18-7-3-5-9-20(18)22/h2-9,22H,10-16H2,1H3,(H,25,28). The van der Waals surface area contributed by atoms with Crippen molar-refractivity contribution in [2.24, 2.45) is 5.41 Å². The number of carbonyl (C=O) groups is 2. The fraction of sp³-hybridized carbons (Fsp3) is 0.417. The van der Waals surface area contributed by atoms with Gasteiger partial charge in [-0.3, -0.25) is 14.5 Å². The highest BCUT2D eigenvalue weighted by Gasteiger charge is 2.41. The van der Waals surface area contributed by atoms with E-state index in [4.69, 9.17) is 0 Å². The van der Waals surface area contributed by atoms with E-state index in [2.05, 4.69) is 58.7 Å². The number of carbonyl (C=O) groups excluding carboxylic acids is 2. The summed E-state index contributed by atoms with van der Waals surface area (Å²) in [6.45, 7) is 5.65. The zero-order valence-electron chi connectivity index (χ0n) is 16.9. The van der Waals surface area contributed by atoms with E-state index >= 15 is 0 Å². The van der Waals surface area contributed by atoms with Crippen molar-refractivity contribution in [3.05, 3.63) is 59.7 Å². The maximum atomic E-state index is 13.2. The summed E-state index contributed by atoms with van der Waals surface area (Å²) < 4.78 is 0. The highest BCUT2D eigenvalue weighted by Crippen LogP contribution is 2.46. The molecule has 0 spiro atoms. The third-order valence-corrected chi connectivity index (χ3v) is 6.86. The predicted molar refractivity (Wildman–Crippen MR) is 112 cm³/mol. The maximum absolute atomic E-state index is 13.2. The zero-order chi connectivity index (χ0) is 20.0. The Morgan fingerprint density at radius 3 is 2.10 bits per heavy atom. The lowest BCUT2D eigenvalue weighted by Gasteiger charge is -2.43. The molecular weight excluding hydrogens is 362 g/mol. The Labute approximate surface area is 171 Å². The zero-order valence-corrected chi connectivity index (χ0v) is 16.9. The second-order valence-electron chi connectivity index (χ2n) is 8.74. The Hall–Kier alpha value is -2.66. The summed E-state index contributed by atoms with van der Waals surface area (Å²) in [5, 5.41) is 2.87. The minimum Gasteiger partial charge on any atom is -0.355 e. The van der Waals surface area contributed by atoms with Gasteiger partial charge in [-0.25, -0.2) is 0 Å². The fourth-order valence-electron chi connectivity index (χ4n) is 5.13. The van der Waals surface area contributed by atoms with E-state index in [9.17, 15) is 9.59 Å². The average Bonchev–Trinajstić information content (AvgIpc) is 3.10. The molecule has 29 heavy (non-hydrogen) atoms. The number of hydrogen-bond acceptors (Lipinski definition) is 3. The van der Waals surface area contributed by atoms with Gasteiger partial charge in [-0.2, -0.15) is 0 Å². The van der Waals surface area contributed by atoms with Gasteiger partial charge in [-0.15, -0.1) is 0 Å². The van der Waals surface area contributed by atoms with Crippen LogP contribution in [-0.4, -0.2) is 54.3 Å². The molecule has 2 aromatic carbocycles. The molecule has 0 saturated carbocycles. The molecule has 1 atom stereocenters. The molecule has 1 unspecified atom stereocenters. The van der Waals surface area contributed by atoms with Crippen molar-refractivity contribution in [1.82, 2.24) is 15.1 Å². The molecule has 2 aliphatic heterocycles. The summed E-state index contributed by atoms with van der Waals surface area (Å²) in [5.74, 6) is 0.239. The first kappa shape index (κ1) is 18.4. The summed E-state index contributed by atoms with van der Waals surface area (Å²) >= 11 is 0. The van der Waals surface area contributed by atoms with Gasteiger partial charge in [0, 0.05) is 39.1 Å². The number of amides is 2. The first-order chi connectivity index (χ1) is 14.1. The highest BCUT2D eigenvalue weighted by molar-refractivity contribution is 5.86. The smallest absolute Gasteiger partial charge is 0.230 e. The number of piperazine rings is 1. The van der Waals surface area contributed by atoms with Crippen molar-refractivity contribution in [3.63, 3.8) is 0 Å². The van der Waals surface area contributed by atoms with Gasteiger partial charge >= 0.3 is 0 Å². The largest absolute Gasteiger partial charge is 0.355 e. The number of benzene rings is 2. The van der Waals surface area contributed by atoms with Crippen molar-refractivity contribution < 1.29 is 9.59 Å². The normalized spacial score (nSPS) is 24.7. The van der Waals surface area contributed by atoms with Gasteiger partial charge in [-0.05, 0) is 35.6 Å². The molecule has 5 rings (SSSR count). The molecule has 0 aromatic heterocycles. The Balaban J connectivity index is 1.33. The van der Waals surface area contributed by atoms with Crippen LogP contribution in [0.2, 0.25) is 0 Å². The minimum atomic E-state index is -0.470. The molecule has 2 amide bonds. The number of piperidine rings is 1. The van der Waals surface area contributed by atoms with Crippen LogP contribution in [0.5, 0.6) is 0 Å². The van der Waals surface area contributed by atoms with Gasteiger partial charge in [0.2, 0.25) is 11.8 Å². The minimum absolute atomic E-state index is 0.0543. The Morgan fingerprint density at radius 1 is 0.966 bits per heavy atom. The quantitative estimate of drug-likeness (QED) is 0.859. The first-order valence-corrected chi connectivity index (χ1v) is 10.6. The molecular formula is C24H27N3O2. The average molecular weight is 389 g/mol. The summed E-state index contributed by atoms with van der Waals surface area (Å²) in [6.07, 6.45) is 1.08. The van der Waals surface area contributed by atoms with Gasteiger partial charge in [0.25, 0.3) is 0 Å². The van der Waals surface area contributed by atoms with E-state index in [0.29, 0.717) is 19.4 Å². The van der Waals surface area contributed by atoms with E-state index < -0.39 is 5.41 Å². The van der Waals surface area contributed by atoms with Crippen LogP contribution in [-0.2, 0) is 9.59 Å². The Morgan fingerprint density at radius 2 is 1.55 bits per heavy atom. The van der Waals surface area contributed by atoms with Crippen LogP contribution in [0.4, 0.5) is 0 Å². The van der Waals surface area contributed by atoms with Crippen LogP contribution >= 0.6 is 0 Å². The van der Waals surface area contributed by atoms with E-state index in [1.807, 2.05) is 11.8 Å². The summed E-state index contributed by atoms with van der Waals surface area (Å²) in [7, 11) is 0. The van der Waals surface area contributed by atoms with E-state index in [1.54, 1.807) is 0 Å². The van der Waals surface area contributed by atoms with Gasteiger partial charge in [0.05, 0.1) is 11.5 Å². The molecule has 2 saturated heterocycles. The lowest BCUT2D eigenvalue weighted by Crippen LogP contribution is -2.56. The first-order valence-electron chi connectivity index (χ1n) is 10.6. The van der Waals surface area contributed by atoms with E-state index in [1.165, 1.54) is 22.3 Å². The lowest BCUT2D eigenvalue weighted by atomic mass is 9.81. The SMILES string of the molecule is CC1(C(=O)N2CCN(C3c4ccccc4-c4ccccc43)CC2)CCC(=O)NC1. The number of rotatable bonds is 2. The van der Waals surface area contributed by atoms with Gasteiger partial charge in [0.1, 0.15) is 0 Å². The summed E-state index contributed by atoms with van der Waals surface area (Å²) in [4.78, 5) is 29.2. The van der Waals surface area contributed by atoms with Crippen LogP contribution in [0.3, 0.4) is 0 Å². The molecule has 2 aromatic rings. The second kappa shape index (κ2) is 6.99. The highest BCUT2D eigenvalue weighted by atomic mass is 16.2. The Kier molecular flexibility index (Phi) is 4.43.